The van der Waals surface area contributed by atoms with Crippen molar-refractivity contribution in [2.24, 2.45) is 5.92 Å². The van der Waals surface area contributed by atoms with Gasteiger partial charge in [-0.25, -0.2) is 4.79 Å². The number of hydrogen-bond acceptors (Lipinski definition) is 6. The molecule has 2 aliphatic heterocycles. The first-order valence-corrected chi connectivity index (χ1v) is 10.6. The van der Waals surface area contributed by atoms with Crippen molar-refractivity contribution >= 4 is 46.8 Å². The highest BCUT2D eigenvalue weighted by Crippen LogP contribution is 2.59. The Morgan fingerprint density at radius 3 is 2.48 bits per heavy atom. The van der Waals surface area contributed by atoms with Gasteiger partial charge in [0, 0.05) is 7.11 Å². The van der Waals surface area contributed by atoms with Gasteiger partial charge in [0.15, 0.2) is 0 Å². The molecule has 2 saturated heterocycles. The van der Waals surface area contributed by atoms with Crippen LogP contribution in [-0.2, 0) is 23.7 Å². The minimum atomic E-state index is -2.26. The summed E-state index contributed by atoms with van der Waals surface area (Å²) in [5.41, 5.74) is 0.442. The van der Waals surface area contributed by atoms with Gasteiger partial charge in [-0.1, -0.05) is 46.5 Å². The normalized spacial score (nSPS) is 38.3. The first-order valence-electron chi connectivity index (χ1n) is 9.49. The van der Waals surface area contributed by atoms with E-state index in [2.05, 4.69) is 6.08 Å². The summed E-state index contributed by atoms with van der Waals surface area (Å²) in [6.45, 7) is 6.76. The van der Waals surface area contributed by atoms with E-state index in [1.807, 2.05) is 26.1 Å². The third-order valence-electron chi connectivity index (χ3n) is 5.97. The highest BCUT2D eigenvalue weighted by Gasteiger charge is 2.72. The van der Waals surface area contributed by atoms with E-state index in [9.17, 15) is 9.59 Å². The van der Waals surface area contributed by atoms with Crippen LogP contribution in [0.4, 0.5) is 4.79 Å². The van der Waals surface area contributed by atoms with E-state index in [0.29, 0.717) is 19.4 Å². The Morgan fingerprint density at radius 2 is 1.97 bits per heavy atom. The number of epoxide rings is 2. The Hall–Kier alpha value is -0.570. The maximum absolute atomic E-state index is 12.2. The number of carbonyl (C=O) groups is 2. The predicted molar refractivity (Wildman–Crippen MR) is 108 cm³/mol. The van der Waals surface area contributed by atoms with Crippen LogP contribution < -0.4 is 5.32 Å². The molecule has 2 amide bonds. The van der Waals surface area contributed by atoms with Gasteiger partial charge < -0.3 is 18.9 Å². The van der Waals surface area contributed by atoms with Crippen LogP contribution in [0.2, 0.25) is 0 Å². The number of methoxy groups -OCH3 is 1. The number of nitrogens with one attached hydrogen (secondary N) is 1. The van der Waals surface area contributed by atoms with Crippen molar-refractivity contribution in [1.29, 1.82) is 0 Å². The summed E-state index contributed by atoms with van der Waals surface area (Å²) in [6.07, 6.45) is 2.18. The molecule has 3 fully saturated rings. The second kappa shape index (κ2) is 8.17. The number of alkyl carbamates (subject to hydrolysis) is 1. The molecule has 0 aromatic rings. The molecule has 3 aliphatic rings. The third kappa shape index (κ3) is 4.86. The zero-order valence-corrected chi connectivity index (χ0v) is 19.1. The molecule has 1 aliphatic carbocycles. The number of hydrogen-bond donors (Lipinski definition) is 1. The van der Waals surface area contributed by atoms with Crippen LogP contribution in [-0.4, -0.2) is 59.0 Å². The van der Waals surface area contributed by atoms with E-state index in [4.69, 9.17) is 53.8 Å². The van der Waals surface area contributed by atoms with Crippen LogP contribution in [0.3, 0.4) is 0 Å². The predicted octanol–water partition coefficient (Wildman–Crippen LogP) is 3.69. The maximum Gasteiger partial charge on any atom is 0.414 e. The van der Waals surface area contributed by atoms with E-state index in [0.717, 1.165) is 6.42 Å². The monoisotopic (exact) mass is 469 g/mol. The molecule has 164 valence electrons. The van der Waals surface area contributed by atoms with Crippen LogP contribution in [0.15, 0.2) is 11.6 Å². The van der Waals surface area contributed by atoms with Gasteiger partial charge in [0.1, 0.15) is 23.4 Å². The molecule has 29 heavy (non-hydrogen) atoms. The van der Waals surface area contributed by atoms with Gasteiger partial charge in [-0.2, -0.15) is 0 Å². The van der Waals surface area contributed by atoms with Crippen molar-refractivity contribution in [2.45, 2.75) is 73.3 Å². The molecule has 3 rings (SSSR count). The lowest BCUT2D eigenvalue weighted by molar-refractivity contribution is -0.125. The fraction of sp³-hybridized carbons (Fsp3) is 0.789. The van der Waals surface area contributed by atoms with Crippen molar-refractivity contribution < 1.29 is 28.5 Å². The number of allylic oxidation sites excluding steroid dienone is 1. The molecule has 1 N–H and O–H groups in total. The molecular weight excluding hydrogens is 445 g/mol. The smallest absolute Gasteiger partial charge is 0.414 e. The average Bonchev–Trinajstić information content (AvgIpc) is 3.51. The number of alkyl halides is 3. The molecule has 1 saturated carbocycles. The van der Waals surface area contributed by atoms with Crippen molar-refractivity contribution in [3.63, 3.8) is 0 Å². The minimum absolute atomic E-state index is 0.0413. The molecule has 1 spiro atoms. The Labute approximate surface area is 185 Å². The second-order valence-corrected chi connectivity index (χ2v) is 10.6. The van der Waals surface area contributed by atoms with E-state index in [-0.39, 0.29) is 17.6 Å². The van der Waals surface area contributed by atoms with E-state index < -0.39 is 33.6 Å². The van der Waals surface area contributed by atoms with Gasteiger partial charge in [-0.05, 0) is 40.0 Å². The first kappa shape index (κ1) is 23.1. The van der Waals surface area contributed by atoms with Gasteiger partial charge in [-0.3, -0.25) is 10.1 Å². The molecular formula is C19H26Cl3NO6. The van der Waals surface area contributed by atoms with E-state index >= 15 is 0 Å². The quantitative estimate of drug-likeness (QED) is 0.374. The number of carbonyl (C=O) groups excluding carboxylic acids is 2. The van der Waals surface area contributed by atoms with E-state index in [1.165, 1.54) is 5.57 Å². The maximum atomic E-state index is 12.2. The summed E-state index contributed by atoms with van der Waals surface area (Å²) in [5, 5.41) is 1.94. The lowest BCUT2D eigenvalue weighted by Crippen LogP contribution is -2.56. The molecule has 0 aromatic heterocycles. The Kier molecular flexibility index (Phi) is 6.51. The van der Waals surface area contributed by atoms with E-state index in [1.54, 1.807) is 7.11 Å². The summed E-state index contributed by atoms with van der Waals surface area (Å²) in [4.78, 5) is 23.9. The minimum Gasteiger partial charge on any atom is -0.443 e. The van der Waals surface area contributed by atoms with Crippen LogP contribution in [0.25, 0.3) is 0 Å². The Bertz CT molecular complexity index is 701. The number of imide groups is 1. The first-order chi connectivity index (χ1) is 13.4. The lowest BCUT2D eigenvalue weighted by atomic mass is 9.68. The third-order valence-corrected chi connectivity index (χ3v) is 6.48. The highest BCUT2D eigenvalue weighted by molar-refractivity contribution is 6.76. The molecule has 7 nitrogen and oxygen atoms in total. The zero-order chi connectivity index (χ0) is 21.6. The standard InChI is InChI=1S/C19H26Cl3NO6/c1-10(2)5-6-12-17(3,29-12)14-13(26-4)11(7-8-18(14)9-27-18)28-16(25)23-15(24)19(20,21)22/h5,11-14H,6-9H2,1-4H3,(H,23,24,25). The molecule has 6 unspecified atom stereocenters. The fourth-order valence-corrected chi connectivity index (χ4v) is 4.54. The summed E-state index contributed by atoms with van der Waals surface area (Å²) in [6, 6.07) is 0. The summed E-state index contributed by atoms with van der Waals surface area (Å²) in [5.74, 6) is -1.19. The van der Waals surface area contributed by atoms with Gasteiger partial charge in [0.25, 0.3) is 9.70 Å². The van der Waals surface area contributed by atoms with Crippen molar-refractivity contribution in [3.8, 4) is 0 Å². The molecule has 0 radical (unpaired) electrons. The number of amides is 2. The highest BCUT2D eigenvalue weighted by atomic mass is 35.6. The van der Waals surface area contributed by atoms with Crippen LogP contribution in [0.1, 0.15) is 40.0 Å². The summed E-state index contributed by atoms with van der Waals surface area (Å²) >= 11 is 16.4. The number of rotatable bonds is 5. The second-order valence-electron chi connectivity index (χ2n) is 8.27. The lowest BCUT2D eigenvalue weighted by Gasteiger charge is -2.42. The SMILES string of the molecule is COC1C(OC(=O)NC(=O)C(Cl)(Cl)Cl)CCC2(CO2)C1C1(C)OC1CC=C(C)C. The Balaban J connectivity index is 1.71. The fourth-order valence-electron chi connectivity index (χ4n) is 4.40. The van der Waals surface area contributed by atoms with Crippen molar-refractivity contribution in [1.82, 2.24) is 5.32 Å². The van der Waals surface area contributed by atoms with Crippen LogP contribution in [0.5, 0.6) is 0 Å². The van der Waals surface area contributed by atoms with Crippen molar-refractivity contribution in [3.05, 3.63) is 11.6 Å². The molecule has 2 heterocycles. The van der Waals surface area contributed by atoms with Gasteiger partial charge in [-0.15, -0.1) is 0 Å². The molecule has 10 heteroatoms. The average molecular weight is 471 g/mol. The van der Waals surface area contributed by atoms with Crippen molar-refractivity contribution in [2.75, 3.05) is 13.7 Å². The molecule has 0 bridgehead atoms. The largest absolute Gasteiger partial charge is 0.443 e. The Morgan fingerprint density at radius 1 is 1.31 bits per heavy atom. The summed E-state index contributed by atoms with van der Waals surface area (Å²) in [7, 11) is 1.57. The van der Waals surface area contributed by atoms with Gasteiger partial charge in [0.2, 0.25) is 0 Å². The zero-order valence-electron chi connectivity index (χ0n) is 16.8. The van der Waals surface area contributed by atoms with Gasteiger partial charge >= 0.3 is 6.09 Å². The molecule has 0 aromatic carbocycles. The number of ether oxygens (including phenoxy) is 4. The van der Waals surface area contributed by atoms with Crippen LogP contribution in [0, 0.1) is 5.92 Å². The number of halogens is 3. The summed E-state index contributed by atoms with van der Waals surface area (Å²) < 4.78 is 20.9. The molecule has 6 atom stereocenters. The topological polar surface area (TPSA) is 89.7 Å². The van der Waals surface area contributed by atoms with Crippen LogP contribution >= 0.6 is 34.8 Å². The van der Waals surface area contributed by atoms with Gasteiger partial charge in [0.05, 0.1) is 18.6 Å².